The van der Waals surface area contributed by atoms with Crippen molar-refractivity contribution in [2.45, 2.75) is 12.2 Å². The average molecular weight is 239 g/mol. The van der Waals surface area contributed by atoms with E-state index in [-0.39, 0.29) is 0 Å². The standard InChI is InChI=1S/C10H13N3O2S/c1-6(16(2,14)15)10-12-8-5-3-4-7(11)9(8)13-10/h3-6H,11H2,1-2H3,(H,12,13). The lowest BCUT2D eigenvalue weighted by Gasteiger charge is -2.04. The first-order valence-corrected chi connectivity index (χ1v) is 6.78. The molecule has 5 nitrogen and oxygen atoms in total. The van der Waals surface area contributed by atoms with Crippen LogP contribution in [0.2, 0.25) is 0 Å². The zero-order valence-corrected chi connectivity index (χ0v) is 9.88. The molecule has 0 saturated carbocycles. The monoisotopic (exact) mass is 239 g/mol. The summed E-state index contributed by atoms with van der Waals surface area (Å²) in [6, 6.07) is 5.35. The molecule has 6 heteroatoms. The molecule has 1 atom stereocenters. The highest BCUT2D eigenvalue weighted by Gasteiger charge is 2.21. The van der Waals surface area contributed by atoms with Crippen LogP contribution in [0.3, 0.4) is 0 Å². The lowest BCUT2D eigenvalue weighted by molar-refractivity contribution is 0.590. The highest BCUT2D eigenvalue weighted by Crippen LogP contribution is 2.24. The summed E-state index contributed by atoms with van der Waals surface area (Å²) in [5, 5.41) is -0.653. The third-order valence-electron chi connectivity index (χ3n) is 2.59. The molecule has 2 rings (SSSR count). The Morgan fingerprint density at radius 2 is 2.12 bits per heavy atom. The van der Waals surface area contributed by atoms with Crippen LogP contribution in [0.5, 0.6) is 0 Å². The van der Waals surface area contributed by atoms with Crippen molar-refractivity contribution in [1.29, 1.82) is 0 Å². The fourth-order valence-corrected chi connectivity index (χ4v) is 1.99. The number of nitrogens with one attached hydrogen (secondary N) is 1. The maximum atomic E-state index is 11.4. The number of hydrogen-bond acceptors (Lipinski definition) is 4. The summed E-state index contributed by atoms with van der Waals surface area (Å²) in [4.78, 5) is 7.19. The number of hydrogen-bond donors (Lipinski definition) is 2. The lowest BCUT2D eigenvalue weighted by Crippen LogP contribution is -2.09. The number of H-pyrrole nitrogens is 1. The Labute approximate surface area is 93.6 Å². The number of imidazole rings is 1. The Morgan fingerprint density at radius 1 is 1.44 bits per heavy atom. The summed E-state index contributed by atoms with van der Waals surface area (Å²) in [6.45, 7) is 1.60. The van der Waals surface area contributed by atoms with Gasteiger partial charge in [0.2, 0.25) is 0 Å². The minimum atomic E-state index is -3.15. The van der Waals surface area contributed by atoms with E-state index in [1.807, 2.05) is 6.07 Å². The highest BCUT2D eigenvalue weighted by atomic mass is 32.2. The van der Waals surface area contributed by atoms with Crippen molar-refractivity contribution < 1.29 is 8.42 Å². The Kier molecular flexibility index (Phi) is 2.38. The molecule has 3 N–H and O–H groups in total. The zero-order valence-electron chi connectivity index (χ0n) is 9.06. The van der Waals surface area contributed by atoms with E-state index in [1.165, 1.54) is 6.26 Å². The molecule has 0 aliphatic rings. The summed E-state index contributed by atoms with van der Waals surface area (Å²) >= 11 is 0. The molecule has 0 amide bonds. The first kappa shape index (κ1) is 10.9. The largest absolute Gasteiger partial charge is 0.397 e. The third kappa shape index (κ3) is 1.76. The normalized spacial score (nSPS) is 14.1. The van der Waals surface area contributed by atoms with Crippen molar-refractivity contribution in [3.63, 3.8) is 0 Å². The van der Waals surface area contributed by atoms with E-state index in [9.17, 15) is 8.42 Å². The van der Waals surface area contributed by atoms with E-state index in [4.69, 9.17) is 5.73 Å². The number of sulfone groups is 1. The minimum Gasteiger partial charge on any atom is -0.397 e. The number of aromatic amines is 1. The van der Waals surface area contributed by atoms with Crippen LogP contribution in [0.15, 0.2) is 18.2 Å². The molecule has 1 aromatic carbocycles. The first-order chi connectivity index (χ1) is 7.39. The number of nitrogens with two attached hydrogens (primary N) is 1. The highest BCUT2D eigenvalue weighted by molar-refractivity contribution is 7.90. The van der Waals surface area contributed by atoms with Gasteiger partial charge in [0.25, 0.3) is 0 Å². The second-order valence-corrected chi connectivity index (χ2v) is 6.20. The van der Waals surface area contributed by atoms with Crippen LogP contribution in [0.1, 0.15) is 18.0 Å². The van der Waals surface area contributed by atoms with Crippen molar-refractivity contribution in [3.8, 4) is 0 Å². The molecule has 0 fully saturated rings. The van der Waals surface area contributed by atoms with Crippen LogP contribution in [0.25, 0.3) is 11.0 Å². The lowest BCUT2D eigenvalue weighted by atomic mass is 10.3. The molecule has 2 aromatic rings. The number of fused-ring (bicyclic) bond motifs is 1. The molecule has 1 aromatic heterocycles. The van der Waals surface area contributed by atoms with Gasteiger partial charge < -0.3 is 10.7 Å². The predicted octanol–water partition coefficient (Wildman–Crippen LogP) is 1.25. The van der Waals surface area contributed by atoms with Crippen LogP contribution < -0.4 is 5.73 Å². The molecule has 16 heavy (non-hydrogen) atoms. The summed E-state index contributed by atoms with van der Waals surface area (Å²) < 4.78 is 22.8. The smallest absolute Gasteiger partial charge is 0.157 e. The van der Waals surface area contributed by atoms with Gasteiger partial charge in [0.15, 0.2) is 9.84 Å². The quantitative estimate of drug-likeness (QED) is 0.772. The van der Waals surface area contributed by atoms with Crippen LogP contribution >= 0.6 is 0 Å². The number of anilines is 1. The van der Waals surface area contributed by atoms with Crippen LogP contribution in [0, 0.1) is 0 Å². The molecule has 86 valence electrons. The van der Waals surface area contributed by atoms with Gasteiger partial charge in [0, 0.05) is 6.26 Å². The minimum absolute atomic E-state index is 0.426. The summed E-state index contributed by atoms with van der Waals surface area (Å²) in [5.74, 6) is 0.426. The van der Waals surface area contributed by atoms with Gasteiger partial charge in [0.1, 0.15) is 16.6 Å². The van der Waals surface area contributed by atoms with Gasteiger partial charge >= 0.3 is 0 Å². The molecule has 0 bridgehead atoms. The molecule has 0 aliphatic carbocycles. The predicted molar refractivity (Wildman–Crippen MR) is 63.8 cm³/mol. The van der Waals surface area contributed by atoms with Gasteiger partial charge in [-0.25, -0.2) is 13.4 Å². The van der Waals surface area contributed by atoms with Crippen LogP contribution in [0.4, 0.5) is 5.69 Å². The van der Waals surface area contributed by atoms with Crippen molar-refractivity contribution in [2.75, 3.05) is 12.0 Å². The average Bonchev–Trinajstić information content (AvgIpc) is 2.60. The van der Waals surface area contributed by atoms with Crippen molar-refractivity contribution in [3.05, 3.63) is 24.0 Å². The Hall–Kier alpha value is -1.56. The van der Waals surface area contributed by atoms with E-state index in [1.54, 1.807) is 19.1 Å². The summed E-state index contributed by atoms with van der Waals surface area (Å²) in [7, 11) is -3.15. The van der Waals surface area contributed by atoms with Gasteiger partial charge in [-0.1, -0.05) is 6.07 Å². The van der Waals surface area contributed by atoms with Crippen molar-refractivity contribution >= 4 is 26.6 Å². The Bertz CT molecular complexity index is 631. The fourth-order valence-electron chi connectivity index (χ4n) is 1.47. The van der Waals surface area contributed by atoms with Gasteiger partial charge in [-0.15, -0.1) is 0 Å². The van der Waals surface area contributed by atoms with E-state index in [2.05, 4.69) is 9.97 Å². The van der Waals surface area contributed by atoms with E-state index in [0.29, 0.717) is 17.0 Å². The number of benzene rings is 1. The third-order valence-corrected chi connectivity index (χ3v) is 4.10. The first-order valence-electron chi connectivity index (χ1n) is 4.82. The SMILES string of the molecule is CC(c1nc2c(N)cccc2[nH]1)S(C)(=O)=O. The Morgan fingerprint density at radius 3 is 2.69 bits per heavy atom. The zero-order chi connectivity index (χ0) is 11.9. The second-order valence-electron chi connectivity index (χ2n) is 3.84. The van der Waals surface area contributed by atoms with Crippen LogP contribution in [-0.4, -0.2) is 24.6 Å². The van der Waals surface area contributed by atoms with Crippen LogP contribution in [-0.2, 0) is 9.84 Å². The Balaban J connectivity index is 2.60. The molecule has 1 heterocycles. The second kappa shape index (κ2) is 3.48. The number of para-hydroxylation sites is 1. The molecule has 0 spiro atoms. The summed E-state index contributed by atoms with van der Waals surface area (Å²) in [6.07, 6.45) is 1.19. The fraction of sp³-hybridized carbons (Fsp3) is 0.300. The maximum Gasteiger partial charge on any atom is 0.157 e. The number of aromatic nitrogens is 2. The number of nitrogens with zero attached hydrogens (tertiary/aromatic N) is 1. The number of rotatable bonds is 2. The van der Waals surface area contributed by atoms with Gasteiger partial charge in [-0.05, 0) is 19.1 Å². The molecule has 1 unspecified atom stereocenters. The summed E-state index contributed by atoms with van der Waals surface area (Å²) in [5.41, 5.74) is 7.66. The van der Waals surface area contributed by atoms with E-state index in [0.717, 1.165) is 5.52 Å². The maximum absolute atomic E-state index is 11.4. The molecular formula is C10H13N3O2S. The van der Waals surface area contributed by atoms with E-state index < -0.39 is 15.1 Å². The van der Waals surface area contributed by atoms with Gasteiger partial charge in [0.05, 0.1) is 11.2 Å². The van der Waals surface area contributed by atoms with Gasteiger partial charge in [-0.3, -0.25) is 0 Å². The molecule has 0 saturated heterocycles. The van der Waals surface area contributed by atoms with Crippen molar-refractivity contribution in [1.82, 2.24) is 9.97 Å². The molecule has 0 radical (unpaired) electrons. The number of nitrogen functional groups attached to an aromatic ring is 1. The topological polar surface area (TPSA) is 88.8 Å². The molecular weight excluding hydrogens is 226 g/mol. The van der Waals surface area contributed by atoms with E-state index >= 15 is 0 Å². The van der Waals surface area contributed by atoms with Crippen molar-refractivity contribution in [2.24, 2.45) is 0 Å². The van der Waals surface area contributed by atoms with Gasteiger partial charge in [-0.2, -0.15) is 0 Å². The molecule has 0 aliphatic heterocycles.